The van der Waals surface area contributed by atoms with Gasteiger partial charge in [-0.3, -0.25) is 0 Å². The van der Waals surface area contributed by atoms with Crippen LogP contribution in [0.5, 0.6) is 11.5 Å². The topological polar surface area (TPSA) is 57.2 Å². The molecule has 0 fully saturated rings. The molecule has 0 aliphatic heterocycles. The van der Waals surface area contributed by atoms with Crippen LogP contribution in [0, 0.1) is 6.92 Å². The zero-order valence-corrected chi connectivity index (χ0v) is 23.6. The van der Waals surface area contributed by atoms with E-state index in [0.717, 1.165) is 22.1 Å². The number of aliphatic hydroxyl groups is 1. The summed E-state index contributed by atoms with van der Waals surface area (Å²) in [4.78, 5) is 0. The Hall–Kier alpha value is -2.64. The normalized spacial score (nSPS) is 12.7. The van der Waals surface area contributed by atoms with Crippen molar-refractivity contribution in [2.75, 3.05) is 21.0 Å². The molecule has 36 heavy (non-hydrogen) atoms. The Bertz CT molecular complexity index is 1090. The maximum absolute atomic E-state index is 11.4. The average molecular weight is 509 g/mol. The van der Waals surface area contributed by atoms with Crippen LogP contribution in [0.2, 0.25) is 11.1 Å². The Balaban J connectivity index is 2.06. The summed E-state index contributed by atoms with van der Waals surface area (Å²) in [7, 11) is 0.727. The van der Waals surface area contributed by atoms with Crippen molar-refractivity contribution >= 4 is 13.5 Å². The fraction of sp³-hybridized carbons (Fsp3) is 0.400. The number of hydrogen-bond acceptors (Lipinski definition) is 5. The number of rotatable bonds is 12. The Morgan fingerprint density at radius 3 is 2.03 bits per heavy atom. The van der Waals surface area contributed by atoms with Crippen LogP contribution in [0.15, 0.2) is 66.7 Å². The van der Waals surface area contributed by atoms with Gasteiger partial charge in [-0.1, -0.05) is 81.8 Å². The summed E-state index contributed by atoms with van der Waals surface area (Å²) < 4.78 is 23.2. The molecular weight excluding hydrogens is 468 g/mol. The molecule has 0 bridgehead atoms. The molecule has 5 nitrogen and oxygen atoms in total. The van der Waals surface area contributed by atoms with Crippen LogP contribution in [0.1, 0.15) is 56.1 Å². The lowest BCUT2D eigenvalue weighted by Crippen LogP contribution is -2.56. The van der Waals surface area contributed by atoms with Crippen LogP contribution in [0.3, 0.4) is 0 Å². The fourth-order valence-electron chi connectivity index (χ4n) is 4.86. The second-order valence-electron chi connectivity index (χ2n) is 9.86. The molecule has 6 heteroatoms. The van der Waals surface area contributed by atoms with Crippen molar-refractivity contribution in [1.82, 2.24) is 0 Å². The Kier molecular flexibility index (Phi) is 9.74. The van der Waals surface area contributed by atoms with Gasteiger partial charge in [0.2, 0.25) is 8.32 Å². The number of aryl methyl sites for hydroxylation is 1. The summed E-state index contributed by atoms with van der Waals surface area (Å²) >= 11 is 0. The van der Waals surface area contributed by atoms with E-state index in [9.17, 15) is 5.11 Å². The average Bonchev–Trinajstić information content (AvgIpc) is 2.88. The molecule has 0 aliphatic carbocycles. The fourth-order valence-corrected chi connectivity index (χ4v) is 9.49. The van der Waals surface area contributed by atoms with Crippen molar-refractivity contribution in [3.8, 4) is 11.5 Å². The zero-order chi connectivity index (χ0) is 26.3. The molecule has 1 atom stereocenters. The van der Waals surface area contributed by atoms with Gasteiger partial charge in [-0.25, -0.2) is 0 Å². The number of ether oxygens (including phenoxy) is 3. The first-order valence-electron chi connectivity index (χ1n) is 12.5. The highest BCUT2D eigenvalue weighted by atomic mass is 28.4. The number of aliphatic hydroxyl groups excluding tert-OH is 1. The van der Waals surface area contributed by atoms with E-state index in [1.54, 1.807) is 14.2 Å². The van der Waals surface area contributed by atoms with Crippen LogP contribution in [0.25, 0.3) is 0 Å². The van der Waals surface area contributed by atoms with Crippen molar-refractivity contribution in [2.24, 2.45) is 0 Å². The zero-order valence-electron chi connectivity index (χ0n) is 22.6. The van der Waals surface area contributed by atoms with Gasteiger partial charge in [0.25, 0.3) is 0 Å². The van der Waals surface area contributed by atoms with E-state index in [-0.39, 0.29) is 6.79 Å². The highest BCUT2D eigenvalue weighted by Gasteiger charge is 2.44. The molecule has 0 saturated heterocycles. The van der Waals surface area contributed by atoms with Crippen molar-refractivity contribution in [2.45, 2.75) is 58.4 Å². The molecule has 0 spiro atoms. The minimum absolute atomic E-state index is 0.0997. The van der Waals surface area contributed by atoms with Crippen LogP contribution in [-0.4, -0.2) is 34.4 Å². The first-order chi connectivity index (χ1) is 17.2. The van der Waals surface area contributed by atoms with Gasteiger partial charge in [-0.15, -0.1) is 0 Å². The summed E-state index contributed by atoms with van der Waals surface area (Å²) in [6, 6.07) is 22.1. The SMILES string of the molecule is COCOc1ccc([Si](OCc2ccc(C)cc2)(C(C)C)C(C)C)cc1C(O)c1ccc(OC)cc1. The van der Waals surface area contributed by atoms with Gasteiger partial charge in [0, 0.05) is 12.7 Å². The molecule has 0 saturated carbocycles. The summed E-state index contributed by atoms with van der Waals surface area (Å²) in [5.74, 6) is 1.34. The number of hydrogen-bond donors (Lipinski definition) is 1. The molecule has 0 amide bonds. The third-order valence-corrected chi connectivity index (χ3v) is 12.1. The molecule has 3 rings (SSSR count). The van der Waals surface area contributed by atoms with E-state index in [1.807, 2.05) is 30.3 Å². The number of methoxy groups -OCH3 is 2. The molecule has 194 valence electrons. The minimum Gasteiger partial charge on any atom is -0.497 e. The van der Waals surface area contributed by atoms with E-state index in [2.05, 4.69) is 71.0 Å². The van der Waals surface area contributed by atoms with Gasteiger partial charge in [0.1, 0.15) is 17.6 Å². The molecule has 3 aromatic rings. The van der Waals surface area contributed by atoms with E-state index in [4.69, 9.17) is 18.6 Å². The van der Waals surface area contributed by atoms with Gasteiger partial charge in [-0.05, 0) is 52.5 Å². The highest BCUT2D eigenvalue weighted by Crippen LogP contribution is 2.37. The molecule has 1 unspecified atom stereocenters. The van der Waals surface area contributed by atoms with E-state index in [1.165, 1.54) is 5.56 Å². The Morgan fingerprint density at radius 2 is 1.47 bits per heavy atom. The summed E-state index contributed by atoms with van der Waals surface area (Å²) in [5, 5.41) is 12.6. The van der Waals surface area contributed by atoms with Crippen LogP contribution >= 0.6 is 0 Å². The Morgan fingerprint density at radius 1 is 0.833 bits per heavy atom. The highest BCUT2D eigenvalue weighted by molar-refractivity contribution is 6.88. The molecule has 0 radical (unpaired) electrons. The lowest BCUT2D eigenvalue weighted by molar-refractivity contribution is 0.0488. The molecule has 1 N–H and O–H groups in total. The first kappa shape index (κ1) is 27.9. The number of benzene rings is 3. The smallest absolute Gasteiger partial charge is 0.229 e. The van der Waals surface area contributed by atoms with E-state index < -0.39 is 14.4 Å². The van der Waals surface area contributed by atoms with Crippen molar-refractivity contribution in [1.29, 1.82) is 0 Å². The third-order valence-electron chi connectivity index (χ3n) is 6.83. The summed E-state index contributed by atoms with van der Waals surface area (Å²) in [6.45, 7) is 11.7. The van der Waals surface area contributed by atoms with Crippen molar-refractivity contribution in [3.05, 3.63) is 89.0 Å². The van der Waals surface area contributed by atoms with Gasteiger partial charge < -0.3 is 23.7 Å². The maximum atomic E-state index is 11.4. The van der Waals surface area contributed by atoms with Gasteiger partial charge >= 0.3 is 0 Å². The van der Waals surface area contributed by atoms with Crippen LogP contribution in [-0.2, 0) is 15.8 Å². The quantitative estimate of drug-likeness (QED) is 0.231. The van der Waals surface area contributed by atoms with Crippen LogP contribution in [0.4, 0.5) is 0 Å². The van der Waals surface area contributed by atoms with E-state index >= 15 is 0 Å². The monoisotopic (exact) mass is 508 g/mol. The minimum atomic E-state index is -2.49. The first-order valence-corrected chi connectivity index (χ1v) is 14.6. The van der Waals surface area contributed by atoms with Gasteiger partial charge in [0.15, 0.2) is 6.79 Å². The second-order valence-corrected chi connectivity index (χ2v) is 14.6. The summed E-state index contributed by atoms with van der Waals surface area (Å²) in [6.07, 6.45) is -0.870. The van der Waals surface area contributed by atoms with Gasteiger partial charge in [-0.2, -0.15) is 0 Å². The standard InChI is InChI=1S/C30H40O5Si/c1-21(2)36(22(3)4,35-19-24-10-8-23(5)9-11-24)27-16-17-29(34-20-32-6)28(18-27)30(31)25-12-14-26(33-7)15-13-25/h8-18,21-22,30-31H,19-20H2,1-7H3. The predicted molar refractivity (Wildman–Crippen MR) is 148 cm³/mol. The predicted octanol–water partition coefficient (Wildman–Crippen LogP) is 6.26. The lowest BCUT2D eigenvalue weighted by atomic mass is 10.0. The molecule has 0 aromatic heterocycles. The van der Waals surface area contributed by atoms with Gasteiger partial charge in [0.05, 0.1) is 13.7 Å². The largest absolute Gasteiger partial charge is 0.497 e. The van der Waals surface area contributed by atoms with E-state index in [0.29, 0.717) is 29.0 Å². The second kappa shape index (κ2) is 12.5. The van der Waals surface area contributed by atoms with Crippen molar-refractivity contribution < 1.29 is 23.7 Å². The maximum Gasteiger partial charge on any atom is 0.229 e. The molecule has 0 aliphatic rings. The molecule has 3 aromatic carbocycles. The van der Waals surface area contributed by atoms with Crippen LogP contribution < -0.4 is 14.7 Å². The Labute approximate surface area is 217 Å². The van der Waals surface area contributed by atoms with Crippen molar-refractivity contribution in [3.63, 3.8) is 0 Å². The molecular formula is C30H40O5Si. The third kappa shape index (κ3) is 6.18. The lowest BCUT2D eigenvalue weighted by Gasteiger charge is -2.39. The molecule has 0 heterocycles. The summed E-state index contributed by atoms with van der Waals surface area (Å²) in [5.41, 5.74) is 4.50.